The Morgan fingerprint density at radius 3 is 2.59 bits per heavy atom. The molecule has 2 N–H and O–H groups in total. The highest BCUT2D eigenvalue weighted by molar-refractivity contribution is 7.80. The van der Waals surface area contributed by atoms with E-state index in [2.05, 4.69) is 20.4 Å². The first kappa shape index (κ1) is 17.8. The summed E-state index contributed by atoms with van der Waals surface area (Å²) in [6.45, 7) is -1.67. The summed E-state index contributed by atoms with van der Waals surface area (Å²) in [6.07, 6.45) is -3.90. The molecule has 0 atom stereocenters. The second-order valence-corrected chi connectivity index (χ2v) is 4.40. The first-order valence-corrected chi connectivity index (χ1v) is 6.41. The number of halogens is 3. The van der Waals surface area contributed by atoms with E-state index in [4.69, 9.17) is 12.2 Å². The van der Waals surface area contributed by atoms with Crippen LogP contribution < -0.4 is 10.6 Å². The lowest BCUT2D eigenvalue weighted by Crippen LogP contribution is -2.34. The van der Waals surface area contributed by atoms with Crippen molar-refractivity contribution in [1.82, 2.24) is 10.3 Å². The highest BCUT2D eigenvalue weighted by atomic mass is 32.1. The van der Waals surface area contributed by atoms with Crippen molar-refractivity contribution in [3.05, 3.63) is 24.4 Å². The molecular weight excluding hydrogens is 323 g/mol. The number of carbonyl (C=O) groups is 2. The zero-order valence-corrected chi connectivity index (χ0v) is 12.0. The largest absolute Gasteiger partial charge is 0.456 e. The molecule has 1 aromatic heterocycles. The predicted molar refractivity (Wildman–Crippen MR) is 74.8 cm³/mol. The van der Waals surface area contributed by atoms with Crippen LogP contribution in [0.15, 0.2) is 24.4 Å². The fourth-order valence-corrected chi connectivity index (χ4v) is 1.44. The molecule has 0 fully saturated rings. The summed E-state index contributed by atoms with van der Waals surface area (Å²) in [5, 5.41) is 4.86. The molecule has 0 spiro atoms. The Hall–Kier alpha value is -2.23. The van der Waals surface area contributed by atoms with Gasteiger partial charge in [0.1, 0.15) is 5.82 Å². The number of anilines is 1. The number of ether oxygens (including phenoxy) is 1. The molecule has 0 radical (unpaired) electrons. The monoisotopic (exact) mass is 335 g/mol. The number of nitrogens with zero attached hydrogens (tertiary/aromatic N) is 1. The van der Waals surface area contributed by atoms with E-state index in [-0.39, 0.29) is 11.5 Å². The van der Waals surface area contributed by atoms with Crippen LogP contribution >= 0.6 is 12.2 Å². The number of nitrogens with one attached hydrogen (secondary N) is 2. The molecule has 0 aliphatic heterocycles. The van der Waals surface area contributed by atoms with E-state index in [9.17, 15) is 22.8 Å². The fourth-order valence-electron chi connectivity index (χ4n) is 1.22. The van der Waals surface area contributed by atoms with Gasteiger partial charge >= 0.3 is 12.1 Å². The Labute approximate surface area is 129 Å². The number of alkyl halides is 3. The first-order valence-electron chi connectivity index (χ1n) is 6.00. The molecule has 0 aliphatic carbocycles. The first-order chi connectivity index (χ1) is 10.3. The van der Waals surface area contributed by atoms with E-state index in [0.717, 1.165) is 0 Å². The molecular formula is C12H12F3N3O3S. The SMILES string of the molecule is O=C(CCC(=O)OCC(F)(F)F)NC(=S)Nc1ccccn1. The van der Waals surface area contributed by atoms with Crippen LogP contribution in [0.25, 0.3) is 0 Å². The molecule has 22 heavy (non-hydrogen) atoms. The lowest BCUT2D eigenvalue weighted by Gasteiger charge is -2.09. The molecule has 0 bridgehead atoms. The third kappa shape index (κ3) is 8.15. The molecule has 0 unspecified atom stereocenters. The second-order valence-electron chi connectivity index (χ2n) is 3.99. The van der Waals surface area contributed by atoms with Crippen LogP contribution in [0.2, 0.25) is 0 Å². The number of rotatable bonds is 5. The van der Waals surface area contributed by atoms with E-state index in [1.165, 1.54) is 6.20 Å². The molecule has 0 saturated carbocycles. The zero-order valence-electron chi connectivity index (χ0n) is 11.1. The van der Waals surface area contributed by atoms with Crippen LogP contribution in [-0.2, 0) is 14.3 Å². The molecule has 1 heterocycles. The number of carbonyl (C=O) groups excluding carboxylic acids is 2. The maximum Gasteiger partial charge on any atom is 0.422 e. The predicted octanol–water partition coefficient (Wildman–Crippen LogP) is 1.78. The van der Waals surface area contributed by atoms with Crippen LogP contribution in [-0.4, -0.2) is 34.8 Å². The van der Waals surface area contributed by atoms with Gasteiger partial charge in [0.15, 0.2) is 11.7 Å². The van der Waals surface area contributed by atoms with Crippen LogP contribution in [0.1, 0.15) is 12.8 Å². The second kappa shape index (κ2) is 8.27. The lowest BCUT2D eigenvalue weighted by molar-refractivity contribution is -0.186. The van der Waals surface area contributed by atoms with E-state index >= 15 is 0 Å². The van der Waals surface area contributed by atoms with Gasteiger partial charge in [-0.25, -0.2) is 4.98 Å². The van der Waals surface area contributed by atoms with Gasteiger partial charge < -0.3 is 15.4 Å². The average Bonchev–Trinajstić information content (AvgIpc) is 2.43. The summed E-state index contributed by atoms with van der Waals surface area (Å²) in [7, 11) is 0. The molecule has 1 rings (SSSR count). The van der Waals surface area contributed by atoms with Gasteiger partial charge in [-0.3, -0.25) is 9.59 Å². The molecule has 120 valence electrons. The molecule has 6 nitrogen and oxygen atoms in total. The van der Waals surface area contributed by atoms with Crippen molar-refractivity contribution in [2.24, 2.45) is 0 Å². The van der Waals surface area contributed by atoms with Crippen molar-refractivity contribution < 1.29 is 27.5 Å². The van der Waals surface area contributed by atoms with Crippen LogP contribution in [0.4, 0.5) is 19.0 Å². The van der Waals surface area contributed by atoms with Crippen molar-refractivity contribution in [2.45, 2.75) is 19.0 Å². The summed E-state index contributed by atoms with van der Waals surface area (Å²) < 4.78 is 39.4. The number of hydrogen-bond donors (Lipinski definition) is 2. The van der Waals surface area contributed by atoms with Crippen molar-refractivity contribution in [2.75, 3.05) is 11.9 Å². The van der Waals surface area contributed by atoms with Crippen LogP contribution in [0.5, 0.6) is 0 Å². The maximum atomic E-state index is 11.8. The van der Waals surface area contributed by atoms with Gasteiger partial charge in [-0.05, 0) is 24.4 Å². The fraction of sp³-hybridized carbons (Fsp3) is 0.333. The number of pyridine rings is 1. The third-order valence-electron chi connectivity index (χ3n) is 2.11. The Morgan fingerprint density at radius 2 is 2.00 bits per heavy atom. The number of hydrogen-bond acceptors (Lipinski definition) is 5. The number of thiocarbonyl (C=S) groups is 1. The minimum absolute atomic E-state index is 0.0349. The van der Waals surface area contributed by atoms with Crippen molar-refractivity contribution in [3.63, 3.8) is 0 Å². The Balaban J connectivity index is 2.25. The molecule has 1 aromatic rings. The Bertz CT molecular complexity index is 537. The molecule has 0 aliphatic rings. The number of esters is 1. The summed E-state index contributed by atoms with van der Waals surface area (Å²) >= 11 is 4.84. The summed E-state index contributed by atoms with van der Waals surface area (Å²) in [5.74, 6) is -1.33. The van der Waals surface area contributed by atoms with Crippen molar-refractivity contribution in [1.29, 1.82) is 0 Å². The highest BCUT2D eigenvalue weighted by Crippen LogP contribution is 2.14. The smallest absolute Gasteiger partial charge is 0.422 e. The summed E-state index contributed by atoms with van der Waals surface area (Å²) in [4.78, 5) is 26.4. The zero-order chi connectivity index (χ0) is 16.6. The van der Waals surface area contributed by atoms with E-state index in [1.807, 2.05) is 0 Å². The molecule has 0 aromatic carbocycles. The van der Waals surface area contributed by atoms with E-state index in [0.29, 0.717) is 5.82 Å². The van der Waals surface area contributed by atoms with Gasteiger partial charge in [0.25, 0.3) is 0 Å². The number of amides is 1. The third-order valence-corrected chi connectivity index (χ3v) is 2.32. The quantitative estimate of drug-likeness (QED) is 0.631. The maximum absolute atomic E-state index is 11.8. The van der Waals surface area contributed by atoms with Crippen molar-refractivity contribution >= 4 is 35.0 Å². The van der Waals surface area contributed by atoms with Gasteiger partial charge in [-0.2, -0.15) is 13.2 Å². The lowest BCUT2D eigenvalue weighted by atomic mass is 10.3. The molecule has 10 heteroatoms. The van der Waals surface area contributed by atoms with Gasteiger partial charge in [0.05, 0.1) is 6.42 Å². The minimum Gasteiger partial charge on any atom is -0.456 e. The van der Waals surface area contributed by atoms with Crippen LogP contribution in [0, 0.1) is 0 Å². The van der Waals surface area contributed by atoms with Gasteiger partial charge in [0.2, 0.25) is 5.91 Å². The number of aromatic nitrogens is 1. The Morgan fingerprint density at radius 1 is 1.27 bits per heavy atom. The molecule has 0 saturated heterocycles. The van der Waals surface area contributed by atoms with Gasteiger partial charge in [-0.15, -0.1) is 0 Å². The molecule has 1 amide bonds. The normalized spacial score (nSPS) is 10.7. The standard InChI is InChI=1S/C12H12F3N3O3S/c13-12(14,15)7-21-10(20)5-4-9(19)18-11(22)17-8-3-1-2-6-16-8/h1-3,6H,4-5,7H2,(H2,16,17,18,19,22). The van der Waals surface area contributed by atoms with Gasteiger partial charge in [-0.1, -0.05) is 6.07 Å². The average molecular weight is 335 g/mol. The summed E-state index contributed by atoms with van der Waals surface area (Å²) in [5.41, 5.74) is 0. The van der Waals surface area contributed by atoms with E-state index in [1.54, 1.807) is 18.2 Å². The van der Waals surface area contributed by atoms with E-state index < -0.39 is 31.1 Å². The Kier molecular flexibility index (Phi) is 6.70. The minimum atomic E-state index is -4.59. The van der Waals surface area contributed by atoms with Crippen molar-refractivity contribution in [3.8, 4) is 0 Å². The van der Waals surface area contributed by atoms with Crippen LogP contribution in [0.3, 0.4) is 0 Å². The van der Waals surface area contributed by atoms with Gasteiger partial charge in [0, 0.05) is 12.6 Å². The topological polar surface area (TPSA) is 80.3 Å². The highest BCUT2D eigenvalue weighted by Gasteiger charge is 2.29. The summed E-state index contributed by atoms with van der Waals surface area (Å²) in [6, 6.07) is 5.02.